The molecule has 0 spiro atoms. The summed E-state index contributed by atoms with van der Waals surface area (Å²) in [5, 5.41) is 9.46. The lowest BCUT2D eigenvalue weighted by Gasteiger charge is -2.45. The standard InChI is InChI=1S/C22H47BO6/c1-17(2)25-15-22(16-26-18(3)4,28-19(5,6)11-13-24)29-20(7,8)12-14-27-21(9,10)23/h17-18,24H,11-16,23H2,1-10H3. The smallest absolute Gasteiger partial charge is 0.217 e. The van der Waals surface area contributed by atoms with Crippen LogP contribution in [-0.2, 0) is 23.7 Å². The van der Waals surface area contributed by atoms with Crippen LogP contribution in [0.2, 0.25) is 0 Å². The molecule has 0 radical (unpaired) electrons. The molecule has 0 saturated heterocycles. The summed E-state index contributed by atoms with van der Waals surface area (Å²) in [6, 6.07) is 0. The highest BCUT2D eigenvalue weighted by Crippen LogP contribution is 2.32. The second-order valence-corrected chi connectivity index (χ2v) is 10.5. The zero-order valence-electron chi connectivity index (χ0n) is 20.9. The van der Waals surface area contributed by atoms with Gasteiger partial charge < -0.3 is 28.8 Å². The van der Waals surface area contributed by atoms with Crippen molar-refractivity contribution in [2.75, 3.05) is 26.4 Å². The van der Waals surface area contributed by atoms with Crippen LogP contribution in [0.3, 0.4) is 0 Å². The summed E-state index contributed by atoms with van der Waals surface area (Å²) in [6.07, 6.45) is 1.22. The van der Waals surface area contributed by atoms with Crippen LogP contribution >= 0.6 is 0 Å². The van der Waals surface area contributed by atoms with Crippen molar-refractivity contribution < 1.29 is 28.8 Å². The van der Waals surface area contributed by atoms with Crippen LogP contribution in [0.15, 0.2) is 0 Å². The number of ether oxygens (including phenoxy) is 5. The first kappa shape index (κ1) is 28.8. The van der Waals surface area contributed by atoms with Gasteiger partial charge in [-0.3, -0.25) is 0 Å². The molecule has 6 nitrogen and oxygen atoms in total. The van der Waals surface area contributed by atoms with E-state index in [0.29, 0.717) is 19.4 Å². The third-order valence-corrected chi connectivity index (χ3v) is 4.15. The van der Waals surface area contributed by atoms with Gasteiger partial charge >= 0.3 is 0 Å². The maximum absolute atomic E-state index is 9.46. The number of hydrogen-bond acceptors (Lipinski definition) is 6. The van der Waals surface area contributed by atoms with E-state index in [9.17, 15) is 5.11 Å². The Kier molecular flexibility index (Phi) is 11.9. The van der Waals surface area contributed by atoms with Crippen molar-refractivity contribution in [2.24, 2.45) is 0 Å². The molecule has 0 bridgehead atoms. The average Bonchev–Trinajstić information content (AvgIpc) is 2.48. The summed E-state index contributed by atoms with van der Waals surface area (Å²) < 4.78 is 30.9. The Morgan fingerprint density at radius 3 is 1.52 bits per heavy atom. The van der Waals surface area contributed by atoms with E-state index < -0.39 is 17.0 Å². The van der Waals surface area contributed by atoms with Gasteiger partial charge in [0.2, 0.25) is 5.79 Å². The molecule has 0 aromatic heterocycles. The minimum absolute atomic E-state index is 0.0221. The molecule has 0 atom stereocenters. The molecular formula is C22H47BO6. The summed E-state index contributed by atoms with van der Waals surface area (Å²) >= 11 is 0. The van der Waals surface area contributed by atoms with E-state index in [-0.39, 0.29) is 37.5 Å². The highest BCUT2D eigenvalue weighted by Gasteiger charge is 2.43. The fourth-order valence-electron chi connectivity index (χ4n) is 2.75. The lowest BCUT2D eigenvalue weighted by Crippen LogP contribution is -2.55. The molecule has 0 fully saturated rings. The van der Waals surface area contributed by atoms with Crippen LogP contribution in [0.25, 0.3) is 0 Å². The van der Waals surface area contributed by atoms with E-state index in [4.69, 9.17) is 23.7 Å². The summed E-state index contributed by atoms with van der Waals surface area (Å²) in [7, 11) is 2.04. The highest BCUT2D eigenvalue weighted by atomic mass is 16.7. The maximum atomic E-state index is 9.46. The number of rotatable bonds is 16. The Bertz CT molecular complexity index is 431. The quantitative estimate of drug-likeness (QED) is 0.307. The van der Waals surface area contributed by atoms with Crippen molar-refractivity contribution in [2.45, 2.75) is 117 Å². The molecule has 0 saturated carbocycles. The zero-order valence-corrected chi connectivity index (χ0v) is 20.9. The molecule has 0 aromatic rings. The molecule has 0 amide bonds. The largest absolute Gasteiger partial charge is 0.396 e. The van der Waals surface area contributed by atoms with Gasteiger partial charge in [0, 0.05) is 18.7 Å². The van der Waals surface area contributed by atoms with Gasteiger partial charge in [0.1, 0.15) is 21.1 Å². The van der Waals surface area contributed by atoms with Crippen molar-refractivity contribution in [3.63, 3.8) is 0 Å². The van der Waals surface area contributed by atoms with Crippen molar-refractivity contribution in [1.29, 1.82) is 0 Å². The molecular weight excluding hydrogens is 371 g/mol. The Labute approximate surface area is 180 Å². The van der Waals surface area contributed by atoms with Gasteiger partial charge in [-0.1, -0.05) is 0 Å². The van der Waals surface area contributed by atoms with E-state index in [0.717, 1.165) is 0 Å². The lowest BCUT2D eigenvalue weighted by molar-refractivity contribution is -0.353. The minimum atomic E-state index is -1.10. The molecule has 0 unspecified atom stereocenters. The zero-order chi connectivity index (χ0) is 22.9. The van der Waals surface area contributed by atoms with E-state index >= 15 is 0 Å². The van der Waals surface area contributed by atoms with Gasteiger partial charge in [-0.15, -0.1) is 0 Å². The van der Waals surface area contributed by atoms with E-state index in [1.165, 1.54) is 0 Å². The van der Waals surface area contributed by atoms with Crippen molar-refractivity contribution in [3.8, 4) is 0 Å². The molecule has 0 aliphatic carbocycles. The Morgan fingerprint density at radius 2 is 1.17 bits per heavy atom. The summed E-state index contributed by atoms with van der Waals surface area (Å²) in [6.45, 7) is 21.0. The summed E-state index contributed by atoms with van der Waals surface area (Å²) in [5.74, 6) is -1.10. The van der Waals surface area contributed by atoms with E-state index in [2.05, 4.69) is 0 Å². The SMILES string of the molecule is BC(C)(C)OCCC(C)(C)OC(COC(C)C)(COC(C)C)OC(C)(C)CCO. The number of hydrogen-bond donors (Lipinski definition) is 1. The Morgan fingerprint density at radius 1 is 0.759 bits per heavy atom. The summed E-state index contributed by atoms with van der Waals surface area (Å²) in [4.78, 5) is 0. The molecule has 0 rings (SSSR count). The van der Waals surface area contributed by atoms with Crippen LogP contribution in [-0.4, -0.2) is 74.1 Å². The maximum Gasteiger partial charge on any atom is 0.217 e. The molecule has 0 heterocycles. The van der Waals surface area contributed by atoms with E-state index in [1.54, 1.807) is 0 Å². The predicted molar refractivity (Wildman–Crippen MR) is 120 cm³/mol. The minimum Gasteiger partial charge on any atom is -0.396 e. The first-order valence-electron chi connectivity index (χ1n) is 10.9. The molecule has 174 valence electrons. The van der Waals surface area contributed by atoms with Gasteiger partial charge in [0.05, 0.1) is 23.4 Å². The molecule has 0 aliphatic heterocycles. The second-order valence-electron chi connectivity index (χ2n) is 10.5. The van der Waals surface area contributed by atoms with Crippen LogP contribution < -0.4 is 0 Å². The molecule has 1 N–H and O–H groups in total. The predicted octanol–water partition coefficient (Wildman–Crippen LogP) is 3.28. The monoisotopic (exact) mass is 418 g/mol. The molecule has 0 aromatic carbocycles. The van der Waals surface area contributed by atoms with Gasteiger partial charge in [-0.05, 0) is 82.1 Å². The fourth-order valence-corrected chi connectivity index (χ4v) is 2.75. The molecule has 29 heavy (non-hydrogen) atoms. The third-order valence-electron chi connectivity index (χ3n) is 4.15. The molecule has 7 heteroatoms. The Hall–Kier alpha value is -0.175. The normalized spacial score (nSPS) is 14.2. The average molecular weight is 418 g/mol. The van der Waals surface area contributed by atoms with Gasteiger partial charge in [0.15, 0.2) is 0 Å². The van der Waals surface area contributed by atoms with Crippen LogP contribution in [0.1, 0.15) is 82.1 Å². The second kappa shape index (κ2) is 12.0. The first-order chi connectivity index (χ1) is 13.0. The van der Waals surface area contributed by atoms with Gasteiger partial charge in [0.25, 0.3) is 0 Å². The fraction of sp³-hybridized carbons (Fsp3) is 1.00. The highest BCUT2D eigenvalue weighted by molar-refractivity contribution is 6.13. The topological polar surface area (TPSA) is 66.4 Å². The van der Waals surface area contributed by atoms with Crippen molar-refractivity contribution >= 4 is 7.85 Å². The van der Waals surface area contributed by atoms with Gasteiger partial charge in [-0.2, -0.15) is 0 Å². The number of aliphatic hydroxyl groups is 1. The van der Waals surface area contributed by atoms with Crippen molar-refractivity contribution in [3.05, 3.63) is 0 Å². The third kappa shape index (κ3) is 14.5. The van der Waals surface area contributed by atoms with Crippen LogP contribution in [0.5, 0.6) is 0 Å². The molecule has 0 aliphatic rings. The van der Waals surface area contributed by atoms with Crippen LogP contribution in [0, 0.1) is 0 Å². The Balaban J connectivity index is 5.60. The number of aliphatic hydroxyl groups excluding tert-OH is 1. The summed E-state index contributed by atoms with van der Waals surface area (Å²) in [5.41, 5.74) is -1.33. The van der Waals surface area contributed by atoms with E-state index in [1.807, 2.05) is 77.1 Å². The lowest BCUT2D eigenvalue weighted by atomic mass is 9.86. The van der Waals surface area contributed by atoms with Crippen molar-refractivity contribution in [1.82, 2.24) is 0 Å². The van der Waals surface area contributed by atoms with Crippen LogP contribution in [0.4, 0.5) is 0 Å². The first-order valence-corrected chi connectivity index (χ1v) is 10.9. The van der Waals surface area contributed by atoms with Gasteiger partial charge in [-0.25, -0.2) is 0 Å².